The number of hydrogen-bond donors (Lipinski definition) is 1. The zero-order valence-electron chi connectivity index (χ0n) is 16.0. The number of aromatic amines is 1. The Labute approximate surface area is 175 Å². The van der Waals surface area contributed by atoms with E-state index in [1.807, 2.05) is 0 Å². The van der Waals surface area contributed by atoms with Gasteiger partial charge in [-0.25, -0.2) is 9.78 Å². The summed E-state index contributed by atoms with van der Waals surface area (Å²) in [6.07, 6.45) is 0. The fraction of sp³-hybridized carbons (Fsp3) is 0.0417. The lowest BCUT2D eigenvalue weighted by molar-refractivity contribution is 0.0459. The molecule has 0 bridgehead atoms. The van der Waals surface area contributed by atoms with E-state index in [-0.39, 0.29) is 46.0 Å². The SMILES string of the molecule is O=C(OCc1nc2ccccc2c(=O)[nH]1)c1cccc2c1C(=O)c1ccccc1C2=O. The highest BCUT2D eigenvalue weighted by Gasteiger charge is 2.33. The molecule has 1 aliphatic rings. The van der Waals surface area contributed by atoms with E-state index in [9.17, 15) is 19.2 Å². The molecule has 31 heavy (non-hydrogen) atoms. The number of ether oxygens (including phenoxy) is 1. The molecule has 0 aliphatic heterocycles. The maximum Gasteiger partial charge on any atom is 0.339 e. The molecular formula is C24H14N2O5. The second-order valence-electron chi connectivity index (χ2n) is 7.04. The Bertz CT molecular complexity index is 1470. The summed E-state index contributed by atoms with van der Waals surface area (Å²) in [6.45, 7) is -0.290. The van der Waals surface area contributed by atoms with Crippen molar-refractivity contribution in [2.45, 2.75) is 6.61 Å². The molecule has 0 fully saturated rings. The van der Waals surface area contributed by atoms with Gasteiger partial charge in [-0.15, -0.1) is 0 Å². The zero-order chi connectivity index (χ0) is 21.5. The highest BCUT2D eigenvalue weighted by Crippen LogP contribution is 2.29. The van der Waals surface area contributed by atoms with E-state index in [0.717, 1.165) is 0 Å². The summed E-state index contributed by atoms with van der Waals surface area (Å²) in [7, 11) is 0. The molecule has 0 amide bonds. The number of carbonyl (C=O) groups is 3. The van der Waals surface area contributed by atoms with Crippen molar-refractivity contribution in [3.05, 3.63) is 111 Å². The topological polar surface area (TPSA) is 106 Å². The second kappa shape index (κ2) is 7.14. The summed E-state index contributed by atoms with van der Waals surface area (Å²) in [5, 5.41) is 0.428. The van der Waals surface area contributed by atoms with Gasteiger partial charge in [0.2, 0.25) is 0 Å². The van der Waals surface area contributed by atoms with Crippen molar-refractivity contribution in [2.24, 2.45) is 0 Å². The van der Waals surface area contributed by atoms with Crippen LogP contribution in [-0.2, 0) is 11.3 Å². The van der Waals surface area contributed by atoms with Crippen molar-refractivity contribution in [3.63, 3.8) is 0 Å². The van der Waals surface area contributed by atoms with Crippen LogP contribution in [0.5, 0.6) is 0 Å². The van der Waals surface area contributed by atoms with E-state index in [2.05, 4.69) is 9.97 Å². The van der Waals surface area contributed by atoms with Crippen LogP contribution in [0.25, 0.3) is 10.9 Å². The van der Waals surface area contributed by atoms with E-state index < -0.39 is 11.8 Å². The Morgan fingerprint density at radius 3 is 2.29 bits per heavy atom. The lowest BCUT2D eigenvalue weighted by Crippen LogP contribution is -2.24. The van der Waals surface area contributed by atoms with Crippen LogP contribution >= 0.6 is 0 Å². The zero-order valence-corrected chi connectivity index (χ0v) is 16.0. The summed E-state index contributed by atoms with van der Waals surface area (Å²) < 4.78 is 5.32. The predicted octanol–water partition coefficient (Wildman–Crippen LogP) is 3.06. The van der Waals surface area contributed by atoms with Crippen LogP contribution in [0.4, 0.5) is 0 Å². The summed E-state index contributed by atoms with van der Waals surface area (Å²) in [5.74, 6) is -1.34. The maximum atomic E-state index is 13.0. The molecule has 5 rings (SSSR count). The van der Waals surface area contributed by atoms with Crippen LogP contribution in [-0.4, -0.2) is 27.5 Å². The van der Waals surface area contributed by atoms with Gasteiger partial charge in [-0.05, 0) is 18.2 Å². The maximum absolute atomic E-state index is 13.0. The minimum Gasteiger partial charge on any atom is -0.454 e. The highest BCUT2D eigenvalue weighted by molar-refractivity contribution is 6.30. The van der Waals surface area contributed by atoms with Crippen molar-refractivity contribution < 1.29 is 19.1 Å². The van der Waals surface area contributed by atoms with Crippen molar-refractivity contribution >= 4 is 28.4 Å². The number of nitrogens with zero attached hydrogens (tertiary/aromatic N) is 1. The molecule has 0 radical (unpaired) electrons. The van der Waals surface area contributed by atoms with E-state index in [0.29, 0.717) is 16.5 Å². The molecule has 0 unspecified atom stereocenters. The first-order valence-electron chi connectivity index (χ1n) is 9.51. The highest BCUT2D eigenvalue weighted by atomic mass is 16.5. The Hall–Kier alpha value is -4.39. The number of H-pyrrole nitrogens is 1. The van der Waals surface area contributed by atoms with Gasteiger partial charge in [0.15, 0.2) is 11.6 Å². The van der Waals surface area contributed by atoms with Crippen LogP contribution in [0, 0.1) is 0 Å². The Kier molecular flexibility index (Phi) is 4.29. The van der Waals surface area contributed by atoms with Gasteiger partial charge < -0.3 is 9.72 Å². The van der Waals surface area contributed by atoms with Crippen LogP contribution in [0.15, 0.2) is 71.5 Å². The third-order valence-electron chi connectivity index (χ3n) is 5.17. The van der Waals surface area contributed by atoms with Gasteiger partial charge in [-0.3, -0.25) is 14.4 Å². The van der Waals surface area contributed by atoms with E-state index >= 15 is 0 Å². The van der Waals surface area contributed by atoms with E-state index in [4.69, 9.17) is 4.74 Å². The van der Waals surface area contributed by atoms with Gasteiger partial charge in [-0.1, -0.05) is 48.5 Å². The number of carbonyl (C=O) groups excluding carboxylic acids is 3. The van der Waals surface area contributed by atoms with Crippen LogP contribution in [0.1, 0.15) is 48.0 Å². The number of nitrogens with one attached hydrogen (secondary N) is 1. The molecule has 0 saturated carbocycles. The average Bonchev–Trinajstić information content (AvgIpc) is 2.80. The number of hydrogen-bond acceptors (Lipinski definition) is 6. The molecule has 150 valence electrons. The third-order valence-corrected chi connectivity index (χ3v) is 5.17. The fourth-order valence-corrected chi connectivity index (χ4v) is 3.73. The van der Waals surface area contributed by atoms with Crippen LogP contribution in [0.2, 0.25) is 0 Å². The monoisotopic (exact) mass is 410 g/mol. The largest absolute Gasteiger partial charge is 0.454 e. The van der Waals surface area contributed by atoms with Crippen molar-refractivity contribution in [1.82, 2.24) is 9.97 Å². The number of rotatable bonds is 3. The van der Waals surface area contributed by atoms with Gasteiger partial charge in [-0.2, -0.15) is 0 Å². The number of esters is 1. The minimum atomic E-state index is -0.784. The summed E-state index contributed by atoms with van der Waals surface area (Å²) >= 11 is 0. The second-order valence-corrected chi connectivity index (χ2v) is 7.04. The van der Waals surface area contributed by atoms with E-state index in [1.165, 1.54) is 18.2 Å². The molecule has 4 aromatic rings. The van der Waals surface area contributed by atoms with Gasteiger partial charge in [0.05, 0.1) is 16.5 Å². The standard InChI is InChI=1S/C24H14N2O5/c27-21-13-6-1-2-7-14(13)22(28)20-16(21)9-5-10-17(20)24(30)31-12-19-25-18-11-4-3-8-15(18)23(29)26-19/h1-11H,12H2,(H,25,26,29). The molecule has 1 aromatic heterocycles. The Morgan fingerprint density at radius 2 is 1.48 bits per heavy atom. The summed E-state index contributed by atoms with van der Waals surface area (Å²) in [5.41, 5.74) is 0.877. The first-order chi connectivity index (χ1) is 15.0. The first kappa shape index (κ1) is 18.6. The smallest absolute Gasteiger partial charge is 0.339 e. The van der Waals surface area contributed by atoms with Gasteiger partial charge in [0.1, 0.15) is 12.4 Å². The number of aromatic nitrogens is 2. The molecule has 7 heteroatoms. The van der Waals surface area contributed by atoms with Crippen molar-refractivity contribution in [1.29, 1.82) is 0 Å². The molecular weight excluding hydrogens is 396 g/mol. The first-order valence-corrected chi connectivity index (χ1v) is 9.51. The fourth-order valence-electron chi connectivity index (χ4n) is 3.73. The average molecular weight is 410 g/mol. The predicted molar refractivity (Wildman–Crippen MR) is 111 cm³/mol. The number of fused-ring (bicyclic) bond motifs is 3. The molecule has 1 N–H and O–H groups in total. The lowest BCUT2D eigenvalue weighted by Gasteiger charge is -2.19. The van der Waals surface area contributed by atoms with Crippen molar-refractivity contribution in [3.8, 4) is 0 Å². The van der Waals surface area contributed by atoms with E-state index in [1.54, 1.807) is 48.5 Å². The number of para-hydroxylation sites is 1. The van der Waals surface area contributed by atoms with Crippen LogP contribution < -0.4 is 5.56 Å². The molecule has 7 nitrogen and oxygen atoms in total. The normalized spacial score (nSPS) is 12.4. The molecule has 0 spiro atoms. The quantitative estimate of drug-likeness (QED) is 0.458. The van der Waals surface area contributed by atoms with Gasteiger partial charge >= 0.3 is 5.97 Å². The Balaban J connectivity index is 1.47. The number of ketones is 2. The summed E-state index contributed by atoms with van der Waals surface area (Å²) in [6, 6.07) is 17.8. The minimum absolute atomic E-state index is 0.00603. The molecule has 1 aliphatic carbocycles. The number of benzene rings is 3. The van der Waals surface area contributed by atoms with Crippen molar-refractivity contribution in [2.75, 3.05) is 0 Å². The van der Waals surface area contributed by atoms with Gasteiger partial charge in [0.25, 0.3) is 5.56 Å². The summed E-state index contributed by atoms with van der Waals surface area (Å²) in [4.78, 5) is 57.7. The molecule has 0 saturated heterocycles. The molecule has 1 heterocycles. The van der Waals surface area contributed by atoms with Gasteiger partial charge in [0, 0.05) is 22.3 Å². The third kappa shape index (κ3) is 3.03. The van der Waals surface area contributed by atoms with Crippen LogP contribution in [0.3, 0.4) is 0 Å². The molecule has 0 atom stereocenters. The molecule has 3 aromatic carbocycles. The Morgan fingerprint density at radius 1 is 0.806 bits per heavy atom. The lowest BCUT2D eigenvalue weighted by atomic mass is 9.82.